The molecule has 0 saturated heterocycles. The highest BCUT2D eigenvalue weighted by Gasteiger charge is 1.89. The highest BCUT2D eigenvalue weighted by atomic mass is 16.5. The minimum atomic E-state index is -0.308. The molecule has 0 radical (unpaired) electrons. The Balaban J connectivity index is 3.18. The number of carbonyl (C=O) groups is 1. The Labute approximate surface area is 73.0 Å². The van der Waals surface area contributed by atoms with Crippen LogP contribution < -0.4 is 0 Å². The van der Waals surface area contributed by atoms with Crippen LogP contribution in [-0.2, 0) is 9.53 Å². The average molecular weight is 172 g/mol. The molecule has 0 bridgehead atoms. The lowest BCUT2D eigenvalue weighted by Crippen LogP contribution is -1.93. The average Bonchev–Trinajstić information content (AvgIpc) is 2.10. The van der Waals surface area contributed by atoms with Gasteiger partial charge in [-0.15, -0.1) is 0 Å². The van der Waals surface area contributed by atoms with Crippen LogP contribution in [0.5, 0.6) is 0 Å². The molecule has 70 valence electrons. The smallest absolute Gasteiger partial charge is 0.330 e. The number of hydrogen-bond acceptors (Lipinski definition) is 3. The highest BCUT2D eigenvalue weighted by Crippen LogP contribution is 1.99. The van der Waals surface area contributed by atoms with Gasteiger partial charge >= 0.3 is 5.97 Å². The topological polar surface area (TPSA) is 46.5 Å². The van der Waals surface area contributed by atoms with Crippen molar-refractivity contribution in [3.8, 4) is 0 Å². The molecule has 0 atom stereocenters. The molecule has 0 aromatic carbocycles. The van der Waals surface area contributed by atoms with Gasteiger partial charge in [-0.25, -0.2) is 4.79 Å². The Bertz CT molecular complexity index is 141. The first-order valence-electron chi connectivity index (χ1n) is 4.16. The van der Waals surface area contributed by atoms with Crippen LogP contribution >= 0.6 is 0 Å². The summed E-state index contributed by atoms with van der Waals surface area (Å²) in [5, 5.41) is 8.46. The van der Waals surface area contributed by atoms with Gasteiger partial charge in [-0.1, -0.05) is 12.5 Å². The summed E-state index contributed by atoms with van der Waals surface area (Å²) in [4.78, 5) is 10.6. The van der Waals surface area contributed by atoms with E-state index in [1.54, 1.807) is 6.08 Å². The van der Waals surface area contributed by atoms with E-state index in [0.717, 1.165) is 25.7 Å². The van der Waals surface area contributed by atoms with Crippen molar-refractivity contribution in [2.24, 2.45) is 0 Å². The third-order valence-electron chi connectivity index (χ3n) is 1.48. The number of unbranched alkanes of at least 4 members (excludes halogenated alkanes) is 3. The molecule has 12 heavy (non-hydrogen) atoms. The highest BCUT2D eigenvalue weighted by molar-refractivity contribution is 5.81. The maximum atomic E-state index is 10.6. The van der Waals surface area contributed by atoms with Crippen LogP contribution in [0.3, 0.4) is 0 Å². The van der Waals surface area contributed by atoms with Crippen molar-refractivity contribution in [1.29, 1.82) is 0 Å². The van der Waals surface area contributed by atoms with Crippen molar-refractivity contribution < 1.29 is 14.6 Å². The molecule has 3 heteroatoms. The van der Waals surface area contributed by atoms with Crippen molar-refractivity contribution in [2.45, 2.75) is 25.7 Å². The van der Waals surface area contributed by atoms with E-state index >= 15 is 0 Å². The molecular formula is C9H16O3. The summed E-state index contributed by atoms with van der Waals surface area (Å²) in [6.45, 7) is 0.251. The standard InChI is InChI=1S/C9H16O3/c1-12-9(11)7-5-3-2-4-6-8-10/h5,7,10H,2-4,6,8H2,1H3/b7-5+. The summed E-state index contributed by atoms with van der Waals surface area (Å²) in [6.07, 6.45) is 6.94. The zero-order chi connectivity index (χ0) is 9.23. The molecule has 0 unspecified atom stereocenters. The lowest BCUT2D eigenvalue weighted by molar-refractivity contribution is -0.134. The van der Waals surface area contributed by atoms with Crippen LogP contribution in [0.4, 0.5) is 0 Å². The van der Waals surface area contributed by atoms with Crippen molar-refractivity contribution >= 4 is 5.97 Å². The van der Waals surface area contributed by atoms with E-state index in [4.69, 9.17) is 5.11 Å². The number of methoxy groups -OCH3 is 1. The molecular weight excluding hydrogens is 156 g/mol. The van der Waals surface area contributed by atoms with Crippen molar-refractivity contribution in [3.05, 3.63) is 12.2 Å². The zero-order valence-electron chi connectivity index (χ0n) is 7.45. The summed E-state index contributed by atoms with van der Waals surface area (Å²) < 4.78 is 4.41. The largest absolute Gasteiger partial charge is 0.466 e. The van der Waals surface area contributed by atoms with E-state index in [1.165, 1.54) is 13.2 Å². The molecule has 0 aliphatic carbocycles. The normalized spacial score (nSPS) is 10.5. The Morgan fingerprint density at radius 3 is 2.75 bits per heavy atom. The maximum absolute atomic E-state index is 10.6. The van der Waals surface area contributed by atoms with Gasteiger partial charge < -0.3 is 9.84 Å². The number of carbonyl (C=O) groups excluding carboxylic acids is 1. The SMILES string of the molecule is COC(=O)/C=C/CCCCCO. The zero-order valence-corrected chi connectivity index (χ0v) is 7.45. The van der Waals surface area contributed by atoms with Gasteiger partial charge in [0.05, 0.1) is 7.11 Å². The predicted molar refractivity (Wildman–Crippen MR) is 46.7 cm³/mol. The van der Waals surface area contributed by atoms with Gasteiger partial charge in [0.2, 0.25) is 0 Å². The first-order chi connectivity index (χ1) is 5.81. The number of aliphatic hydroxyl groups excluding tert-OH is 1. The quantitative estimate of drug-likeness (QED) is 0.373. The lowest BCUT2D eigenvalue weighted by Gasteiger charge is -1.93. The summed E-state index contributed by atoms with van der Waals surface area (Å²) >= 11 is 0. The second-order valence-electron chi connectivity index (χ2n) is 2.50. The Kier molecular flexibility index (Phi) is 7.70. The first kappa shape index (κ1) is 11.2. The first-order valence-corrected chi connectivity index (χ1v) is 4.16. The van der Waals surface area contributed by atoms with E-state index in [0.29, 0.717) is 0 Å². The Morgan fingerprint density at radius 1 is 1.42 bits per heavy atom. The molecule has 3 nitrogen and oxygen atoms in total. The van der Waals surface area contributed by atoms with Gasteiger partial charge in [0.1, 0.15) is 0 Å². The molecule has 0 aromatic heterocycles. The van der Waals surface area contributed by atoms with Crippen LogP contribution in [0.1, 0.15) is 25.7 Å². The van der Waals surface area contributed by atoms with Gasteiger partial charge in [0.15, 0.2) is 0 Å². The van der Waals surface area contributed by atoms with Crippen molar-refractivity contribution in [3.63, 3.8) is 0 Å². The number of hydrogen-bond donors (Lipinski definition) is 1. The third-order valence-corrected chi connectivity index (χ3v) is 1.48. The number of aliphatic hydroxyl groups is 1. The van der Waals surface area contributed by atoms with Gasteiger partial charge in [-0.3, -0.25) is 0 Å². The van der Waals surface area contributed by atoms with Gasteiger partial charge in [0, 0.05) is 12.7 Å². The summed E-state index contributed by atoms with van der Waals surface area (Å²) in [5.74, 6) is -0.308. The molecule has 0 amide bonds. The minimum Gasteiger partial charge on any atom is -0.466 e. The molecule has 0 heterocycles. The molecule has 0 rings (SSSR count). The van der Waals surface area contributed by atoms with Crippen molar-refractivity contribution in [2.75, 3.05) is 13.7 Å². The molecule has 0 aliphatic heterocycles. The van der Waals surface area contributed by atoms with E-state index in [1.807, 2.05) is 0 Å². The van der Waals surface area contributed by atoms with Crippen LogP contribution in [0.15, 0.2) is 12.2 Å². The van der Waals surface area contributed by atoms with Crippen molar-refractivity contribution in [1.82, 2.24) is 0 Å². The summed E-state index contributed by atoms with van der Waals surface area (Å²) in [7, 11) is 1.36. The van der Waals surface area contributed by atoms with Crippen LogP contribution in [0.25, 0.3) is 0 Å². The lowest BCUT2D eigenvalue weighted by atomic mass is 10.2. The van der Waals surface area contributed by atoms with Gasteiger partial charge in [0.25, 0.3) is 0 Å². The number of esters is 1. The second-order valence-corrected chi connectivity index (χ2v) is 2.50. The van der Waals surface area contributed by atoms with Gasteiger partial charge in [-0.05, 0) is 19.3 Å². The summed E-state index contributed by atoms with van der Waals surface area (Å²) in [5.41, 5.74) is 0. The van der Waals surface area contributed by atoms with E-state index in [9.17, 15) is 4.79 Å². The number of allylic oxidation sites excluding steroid dienone is 1. The molecule has 0 aromatic rings. The molecule has 0 aliphatic rings. The van der Waals surface area contributed by atoms with E-state index in [-0.39, 0.29) is 12.6 Å². The monoisotopic (exact) mass is 172 g/mol. The fourth-order valence-corrected chi connectivity index (χ4v) is 0.798. The predicted octanol–water partition coefficient (Wildman–Crippen LogP) is 1.27. The summed E-state index contributed by atoms with van der Waals surface area (Å²) in [6, 6.07) is 0. The van der Waals surface area contributed by atoms with E-state index < -0.39 is 0 Å². The maximum Gasteiger partial charge on any atom is 0.330 e. The second kappa shape index (κ2) is 8.27. The molecule has 0 saturated carbocycles. The van der Waals surface area contributed by atoms with Crippen LogP contribution in [-0.4, -0.2) is 24.8 Å². The van der Waals surface area contributed by atoms with Gasteiger partial charge in [-0.2, -0.15) is 0 Å². The Hall–Kier alpha value is -0.830. The minimum absolute atomic E-state index is 0.251. The fourth-order valence-electron chi connectivity index (χ4n) is 0.798. The van der Waals surface area contributed by atoms with E-state index in [2.05, 4.69) is 4.74 Å². The van der Waals surface area contributed by atoms with Crippen LogP contribution in [0.2, 0.25) is 0 Å². The molecule has 0 spiro atoms. The Morgan fingerprint density at radius 2 is 2.17 bits per heavy atom. The fraction of sp³-hybridized carbons (Fsp3) is 0.667. The number of rotatable bonds is 6. The molecule has 0 fully saturated rings. The third kappa shape index (κ3) is 7.28. The van der Waals surface area contributed by atoms with Crippen LogP contribution in [0, 0.1) is 0 Å². The number of ether oxygens (including phenoxy) is 1. The molecule has 1 N–H and O–H groups in total.